The lowest BCUT2D eigenvalue weighted by Crippen LogP contribution is -2.53. The van der Waals surface area contributed by atoms with Gasteiger partial charge in [0, 0.05) is 6.61 Å². The van der Waals surface area contributed by atoms with Gasteiger partial charge in [-0.1, -0.05) is 20.3 Å². The zero-order chi connectivity index (χ0) is 15.4. The fraction of sp³-hybridized carbons (Fsp3) is 1.00. The third kappa shape index (κ3) is 2.21. The molecular formula is C21H36O. The smallest absolute Gasteiger partial charge is 0.0578 e. The Morgan fingerprint density at radius 1 is 0.909 bits per heavy atom. The van der Waals surface area contributed by atoms with E-state index in [-0.39, 0.29) is 0 Å². The first-order valence-corrected chi connectivity index (χ1v) is 10.2. The van der Waals surface area contributed by atoms with Crippen molar-refractivity contribution in [3.8, 4) is 0 Å². The standard InChI is InChI=1S/C21H36O/c1-4-22-16-9-13-21(3)15(14-16)7-8-17-18-6-5-11-20(18,2)12-10-19(17)21/h15-19H,4-14H2,1-3H3/t15-,16+,17-,18-,19-,20-,21-/m0/s1. The summed E-state index contributed by atoms with van der Waals surface area (Å²) in [7, 11) is 0. The van der Waals surface area contributed by atoms with Gasteiger partial charge in [0.15, 0.2) is 0 Å². The molecule has 7 atom stereocenters. The van der Waals surface area contributed by atoms with Crippen molar-refractivity contribution < 1.29 is 4.74 Å². The highest BCUT2D eigenvalue weighted by molar-refractivity contribution is 5.07. The Morgan fingerprint density at radius 2 is 1.77 bits per heavy atom. The van der Waals surface area contributed by atoms with E-state index in [2.05, 4.69) is 20.8 Å². The summed E-state index contributed by atoms with van der Waals surface area (Å²) in [5.74, 6) is 4.11. The Bertz CT molecular complexity index is 418. The Labute approximate surface area is 137 Å². The van der Waals surface area contributed by atoms with Crippen LogP contribution in [0.3, 0.4) is 0 Å². The first kappa shape index (κ1) is 15.5. The Hall–Kier alpha value is -0.0400. The average Bonchev–Trinajstić information content (AvgIpc) is 2.89. The predicted octanol–water partition coefficient (Wildman–Crippen LogP) is 5.82. The van der Waals surface area contributed by atoms with Gasteiger partial charge in [-0.15, -0.1) is 0 Å². The molecule has 0 heterocycles. The molecule has 4 fully saturated rings. The molecule has 4 rings (SSSR count). The summed E-state index contributed by atoms with van der Waals surface area (Å²) in [5, 5.41) is 0. The average molecular weight is 305 g/mol. The van der Waals surface area contributed by atoms with Gasteiger partial charge < -0.3 is 4.74 Å². The predicted molar refractivity (Wildman–Crippen MR) is 91.8 cm³/mol. The third-order valence-corrected chi connectivity index (χ3v) is 8.80. The van der Waals surface area contributed by atoms with E-state index in [9.17, 15) is 0 Å². The Kier molecular flexibility index (Phi) is 3.87. The molecule has 1 nitrogen and oxygen atoms in total. The summed E-state index contributed by atoms with van der Waals surface area (Å²) in [5.41, 5.74) is 1.35. The van der Waals surface area contributed by atoms with Gasteiger partial charge in [0.05, 0.1) is 6.10 Å². The van der Waals surface area contributed by atoms with Crippen LogP contribution in [0, 0.1) is 34.5 Å². The molecule has 0 spiro atoms. The number of hydrogen-bond donors (Lipinski definition) is 0. The van der Waals surface area contributed by atoms with E-state index < -0.39 is 0 Å². The van der Waals surface area contributed by atoms with Gasteiger partial charge in [0.2, 0.25) is 0 Å². The van der Waals surface area contributed by atoms with Crippen molar-refractivity contribution in [2.45, 2.75) is 91.1 Å². The van der Waals surface area contributed by atoms with Crippen LogP contribution in [0.25, 0.3) is 0 Å². The minimum absolute atomic E-state index is 0.569. The van der Waals surface area contributed by atoms with Crippen molar-refractivity contribution >= 4 is 0 Å². The van der Waals surface area contributed by atoms with Crippen molar-refractivity contribution in [3.05, 3.63) is 0 Å². The zero-order valence-corrected chi connectivity index (χ0v) is 15.1. The number of rotatable bonds is 2. The maximum atomic E-state index is 6.00. The summed E-state index contributed by atoms with van der Waals surface area (Å²) >= 11 is 0. The van der Waals surface area contributed by atoms with E-state index in [0.29, 0.717) is 16.9 Å². The molecule has 0 bridgehead atoms. The minimum atomic E-state index is 0.569. The largest absolute Gasteiger partial charge is 0.378 e. The maximum Gasteiger partial charge on any atom is 0.0578 e. The molecule has 0 radical (unpaired) electrons. The topological polar surface area (TPSA) is 9.23 Å². The first-order valence-electron chi connectivity index (χ1n) is 10.2. The van der Waals surface area contributed by atoms with Crippen LogP contribution in [0.2, 0.25) is 0 Å². The van der Waals surface area contributed by atoms with Crippen LogP contribution in [0.15, 0.2) is 0 Å². The molecule has 4 saturated carbocycles. The second-order valence-electron chi connectivity index (χ2n) is 9.59. The molecule has 0 aromatic carbocycles. The summed E-state index contributed by atoms with van der Waals surface area (Å²) in [6.45, 7) is 8.36. The van der Waals surface area contributed by atoms with Crippen molar-refractivity contribution in [2.24, 2.45) is 34.5 Å². The summed E-state index contributed by atoms with van der Waals surface area (Å²) < 4.78 is 6.00. The van der Waals surface area contributed by atoms with Crippen molar-refractivity contribution in [1.29, 1.82) is 0 Å². The van der Waals surface area contributed by atoms with Gasteiger partial charge in [0.1, 0.15) is 0 Å². The van der Waals surface area contributed by atoms with E-state index in [1.165, 1.54) is 57.8 Å². The van der Waals surface area contributed by atoms with Crippen LogP contribution >= 0.6 is 0 Å². The van der Waals surface area contributed by atoms with E-state index >= 15 is 0 Å². The zero-order valence-electron chi connectivity index (χ0n) is 15.1. The van der Waals surface area contributed by atoms with Gasteiger partial charge in [-0.25, -0.2) is 0 Å². The lowest BCUT2D eigenvalue weighted by Gasteiger charge is -2.60. The van der Waals surface area contributed by atoms with Gasteiger partial charge in [-0.05, 0) is 99.2 Å². The molecule has 0 unspecified atom stereocenters. The molecule has 4 aliphatic carbocycles. The van der Waals surface area contributed by atoms with E-state index in [1.807, 2.05) is 0 Å². The SMILES string of the molecule is CCO[C@@H]1CC[C@@]2(C)[C@@H](CC[C@H]3[C@@H]4CCC[C@@]4(C)CC[C@@H]32)C1. The maximum absolute atomic E-state index is 6.00. The van der Waals surface area contributed by atoms with Gasteiger partial charge in [-0.3, -0.25) is 0 Å². The fourth-order valence-electron chi connectivity index (χ4n) is 7.60. The summed E-state index contributed by atoms with van der Waals surface area (Å²) in [4.78, 5) is 0. The first-order chi connectivity index (χ1) is 10.6. The number of ether oxygens (including phenoxy) is 1. The van der Waals surface area contributed by atoms with Crippen LogP contribution in [0.1, 0.15) is 85.0 Å². The van der Waals surface area contributed by atoms with Gasteiger partial charge >= 0.3 is 0 Å². The molecule has 0 saturated heterocycles. The molecule has 126 valence electrons. The normalized spacial score (nSPS) is 54.4. The Morgan fingerprint density at radius 3 is 2.59 bits per heavy atom. The molecule has 0 aliphatic heterocycles. The fourth-order valence-corrected chi connectivity index (χ4v) is 7.60. The van der Waals surface area contributed by atoms with Crippen LogP contribution in [0.5, 0.6) is 0 Å². The van der Waals surface area contributed by atoms with Crippen molar-refractivity contribution in [2.75, 3.05) is 6.61 Å². The summed E-state index contributed by atoms with van der Waals surface area (Å²) in [6, 6.07) is 0. The second kappa shape index (κ2) is 5.50. The second-order valence-corrected chi connectivity index (χ2v) is 9.59. The molecule has 0 N–H and O–H groups in total. The summed E-state index contributed by atoms with van der Waals surface area (Å²) in [6.07, 6.45) is 15.3. The van der Waals surface area contributed by atoms with E-state index in [0.717, 1.165) is 30.3 Å². The van der Waals surface area contributed by atoms with Gasteiger partial charge in [0.25, 0.3) is 0 Å². The van der Waals surface area contributed by atoms with Crippen LogP contribution < -0.4 is 0 Å². The number of hydrogen-bond acceptors (Lipinski definition) is 1. The monoisotopic (exact) mass is 304 g/mol. The molecule has 0 aromatic rings. The van der Waals surface area contributed by atoms with Gasteiger partial charge in [-0.2, -0.15) is 0 Å². The van der Waals surface area contributed by atoms with Crippen LogP contribution in [-0.2, 0) is 4.74 Å². The minimum Gasteiger partial charge on any atom is -0.378 e. The quantitative estimate of drug-likeness (QED) is 0.624. The highest BCUT2D eigenvalue weighted by atomic mass is 16.5. The van der Waals surface area contributed by atoms with E-state index in [4.69, 9.17) is 4.74 Å². The van der Waals surface area contributed by atoms with Crippen LogP contribution in [-0.4, -0.2) is 12.7 Å². The third-order valence-electron chi connectivity index (χ3n) is 8.80. The molecule has 0 aromatic heterocycles. The number of fused-ring (bicyclic) bond motifs is 5. The van der Waals surface area contributed by atoms with E-state index in [1.54, 1.807) is 6.42 Å². The van der Waals surface area contributed by atoms with Crippen molar-refractivity contribution in [3.63, 3.8) is 0 Å². The highest BCUT2D eigenvalue weighted by Gasteiger charge is 2.57. The van der Waals surface area contributed by atoms with Crippen molar-refractivity contribution in [1.82, 2.24) is 0 Å². The molecule has 0 amide bonds. The molecule has 4 aliphatic rings. The molecule has 1 heteroatoms. The highest BCUT2D eigenvalue weighted by Crippen LogP contribution is 2.66. The van der Waals surface area contributed by atoms with Crippen LogP contribution in [0.4, 0.5) is 0 Å². The lowest BCUT2D eigenvalue weighted by molar-refractivity contribution is -0.128. The molecular weight excluding hydrogens is 268 g/mol. The molecule has 22 heavy (non-hydrogen) atoms. The Balaban J connectivity index is 1.54. The lowest BCUT2D eigenvalue weighted by atomic mass is 9.45.